The lowest BCUT2D eigenvalue weighted by atomic mass is 10.0. The Morgan fingerprint density at radius 3 is 1.70 bits per heavy atom. The fourth-order valence-corrected chi connectivity index (χ4v) is 3.59. The summed E-state index contributed by atoms with van der Waals surface area (Å²) in [5.74, 6) is 0.432. The van der Waals surface area contributed by atoms with Crippen molar-refractivity contribution in [1.29, 1.82) is 0 Å². The Labute approximate surface area is 144 Å². The molecule has 1 unspecified atom stereocenters. The van der Waals surface area contributed by atoms with Crippen LogP contribution in [0.2, 0.25) is 0 Å². The van der Waals surface area contributed by atoms with Crippen LogP contribution >= 0.6 is 7.82 Å². The summed E-state index contributed by atoms with van der Waals surface area (Å²) in [5, 5.41) is 0. The lowest BCUT2D eigenvalue weighted by molar-refractivity contribution is 0.0948. The third-order valence-electron chi connectivity index (χ3n) is 4.01. The Hall–Kier alpha value is 0.110. The quantitative estimate of drug-likeness (QED) is 0.215. The Balaban J connectivity index is 4.34. The fourth-order valence-electron chi connectivity index (χ4n) is 2.26. The van der Waals surface area contributed by atoms with Crippen LogP contribution in [0.3, 0.4) is 0 Å². The minimum atomic E-state index is -3.40. The van der Waals surface area contributed by atoms with E-state index in [0.29, 0.717) is 25.7 Å². The van der Waals surface area contributed by atoms with Crippen molar-refractivity contribution >= 4 is 7.82 Å². The molecule has 0 fully saturated rings. The molecule has 0 bridgehead atoms. The molecule has 0 aromatic carbocycles. The highest BCUT2D eigenvalue weighted by atomic mass is 31.2. The number of hydrogen-bond acceptors (Lipinski definition) is 4. The van der Waals surface area contributed by atoms with Crippen LogP contribution in [0.25, 0.3) is 0 Å². The molecule has 0 aromatic heterocycles. The largest absolute Gasteiger partial charge is 0.474 e. The van der Waals surface area contributed by atoms with Crippen LogP contribution in [-0.2, 0) is 18.1 Å². The van der Waals surface area contributed by atoms with Gasteiger partial charge in [0, 0.05) is 0 Å². The van der Waals surface area contributed by atoms with E-state index in [4.69, 9.17) is 13.6 Å². The van der Waals surface area contributed by atoms with Crippen LogP contribution in [-0.4, -0.2) is 19.8 Å². The molecule has 0 spiro atoms. The Kier molecular flexibility index (Phi) is 15.7. The number of hydrogen-bond donors (Lipinski definition) is 0. The summed E-state index contributed by atoms with van der Waals surface area (Å²) < 4.78 is 29.5. The molecule has 0 radical (unpaired) electrons. The maximum atomic E-state index is 12.8. The monoisotopic (exact) mass is 350 g/mol. The minimum absolute atomic E-state index is 0.432. The molecule has 4 nitrogen and oxygen atoms in total. The zero-order chi connectivity index (χ0) is 17.4. The molecule has 140 valence electrons. The van der Waals surface area contributed by atoms with Crippen LogP contribution in [0.15, 0.2) is 0 Å². The van der Waals surface area contributed by atoms with E-state index in [-0.39, 0.29) is 0 Å². The molecule has 0 aliphatic carbocycles. The third-order valence-corrected chi connectivity index (χ3v) is 5.47. The predicted molar refractivity (Wildman–Crippen MR) is 97.8 cm³/mol. The Bertz CT molecular complexity index is 281. The second-order valence-electron chi connectivity index (χ2n) is 6.24. The van der Waals surface area contributed by atoms with Gasteiger partial charge in [0.15, 0.2) is 0 Å². The molecule has 23 heavy (non-hydrogen) atoms. The van der Waals surface area contributed by atoms with Crippen molar-refractivity contribution in [3.63, 3.8) is 0 Å². The molecule has 0 aromatic rings. The summed E-state index contributed by atoms with van der Waals surface area (Å²) in [6, 6.07) is 0. The van der Waals surface area contributed by atoms with Gasteiger partial charge >= 0.3 is 7.82 Å². The van der Waals surface area contributed by atoms with Crippen LogP contribution in [0.1, 0.15) is 91.9 Å². The van der Waals surface area contributed by atoms with E-state index in [9.17, 15) is 4.57 Å². The maximum absolute atomic E-state index is 12.8. The highest BCUT2D eigenvalue weighted by Gasteiger charge is 2.27. The summed E-state index contributed by atoms with van der Waals surface area (Å²) in [6.45, 7) is 9.98. The average Bonchev–Trinajstić information content (AvgIpc) is 2.56. The zero-order valence-corrected chi connectivity index (χ0v) is 16.7. The van der Waals surface area contributed by atoms with Crippen molar-refractivity contribution in [3.05, 3.63) is 0 Å². The molecule has 1 atom stereocenters. The van der Waals surface area contributed by atoms with E-state index in [0.717, 1.165) is 51.4 Å². The first-order valence-corrected chi connectivity index (χ1v) is 11.1. The Morgan fingerprint density at radius 2 is 1.26 bits per heavy atom. The highest BCUT2D eigenvalue weighted by Crippen LogP contribution is 2.50. The van der Waals surface area contributed by atoms with Gasteiger partial charge in [0.05, 0.1) is 19.8 Å². The van der Waals surface area contributed by atoms with Crippen molar-refractivity contribution in [2.75, 3.05) is 19.8 Å². The summed E-state index contributed by atoms with van der Waals surface area (Å²) in [6.07, 6.45) is 10.7. The van der Waals surface area contributed by atoms with Gasteiger partial charge in [0.2, 0.25) is 0 Å². The third kappa shape index (κ3) is 13.1. The van der Waals surface area contributed by atoms with Gasteiger partial charge in [-0.2, -0.15) is 0 Å². The Morgan fingerprint density at radius 1 is 0.739 bits per heavy atom. The van der Waals surface area contributed by atoms with Crippen molar-refractivity contribution in [3.8, 4) is 0 Å². The van der Waals surface area contributed by atoms with E-state index >= 15 is 0 Å². The van der Waals surface area contributed by atoms with Gasteiger partial charge in [-0.1, -0.05) is 72.6 Å². The molecule has 5 heteroatoms. The van der Waals surface area contributed by atoms with Crippen LogP contribution < -0.4 is 0 Å². The first-order chi connectivity index (χ1) is 11.1. The topological polar surface area (TPSA) is 44.8 Å². The normalized spacial score (nSPS) is 13.4. The second-order valence-corrected chi connectivity index (χ2v) is 7.91. The molecule has 0 amide bonds. The number of phosphoric acid groups is 1. The van der Waals surface area contributed by atoms with E-state index in [1.807, 2.05) is 0 Å². The molecule has 0 aliphatic rings. The van der Waals surface area contributed by atoms with E-state index in [1.54, 1.807) is 0 Å². The van der Waals surface area contributed by atoms with Crippen molar-refractivity contribution < 1.29 is 18.1 Å². The SMILES string of the molecule is CCCCCOP(=O)(OCCCCC)OCC(CC)CCCC. The number of phosphoric ester groups is 1. The first-order valence-electron chi connectivity index (χ1n) is 9.65. The van der Waals surface area contributed by atoms with Gasteiger partial charge in [-0.25, -0.2) is 4.57 Å². The van der Waals surface area contributed by atoms with Crippen molar-refractivity contribution in [1.82, 2.24) is 0 Å². The average molecular weight is 350 g/mol. The molecule has 0 saturated carbocycles. The van der Waals surface area contributed by atoms with Gasteiger partial charge in [-0.3, -0.25) is 13.6 Å². The van der Waals surface area contributed by atoms with Gasteiger partial charge < -0.3 is 0 Å². The standard InChI is InChI=1S/C18H39O4P/c1-5-9-12-15-20-23(19,21-16-13-10-6-2)22-17-18(8-4)14-11-7-3/h18H,5-17H2,1-4H3. The van der Waals surface area contributed by atoms with Gasteiger partial charge in [0.25, 0.3) is 0 Å². The summed E-state index contributed by atoms with van der Waals surface area (Å²) in [7, 11) is -3.40. The van der Waals surface area contributed by atoms with Crippen molar-refractivity contribution in [2.24, 2.45) is 5.92 Å². The maximum Gasteiger partial charge on any atom is 0.474 e. The van der Waals surface area contributed by atoms with Gasteiger partial charge in [0.1, 0.15) is 0 Å². The molecule has 0 N–H and O–H groups in total. The van der Waals surface area contributed by atoms with Gasteiger partial charge in [-0.05, 0) is 25.2 Å². The fraction of sp³-hybridized carbons (Fsp3) is 1.00. The van der Waals surface area contributed by atoms with Crippen LogP contribution in [0.4, 0.5) is 0 Å². The van der Waals surface area contributed by atoms with Crippen LogP contribution in [0.5, 0.6) is 0 Å². The molecule has 0 aliphatic heterocycles. The smallest absolute Gasteiger partial charge is 0.287 e. The number of rotatable bonds is 17. The summed E-state index contributed by atoms with van der Waals surface area (Å²) in [4.78, 5) is 0. The molecular weight excluding hydrogens is 311 g/mol. The number of unbranched alkanes of at least 4 members (excludes halogenated alkanes) is 5. The highest BCUT2D eigenvalue weighted by molar-refractivity contribution is 7.48. The lowest BCUT2D eigenvalue weighted by Crippen LogP contribution is -2.11. The molecular formula is C18H39O4P. The van der Waals surface area contributed by atoms with Gasteiger partial charge in [-0.15, -0.1) is 0 Å². The second kappa shape index (κ2) is 15.6. The zero-order valence-electron chi connectivity index (χ0n) is 15.8. The lowest BCUT2D eigenvalue weighted by Gasteiger charge is -2.21. The van der Waals surface area contributed by atoms with E-state index in [1.165, 1.54) is 12.8 Å². The summed E-state index contributed by atoms with van der Waals surface area (Å²) >= 11 is 0. The molecule has 0 rings (SSSR count). The minimum Gasteiger partial charge on any atom is -0.287 e. The van der Waals surface area contributed by atoms with E-state index < -0.39 is 7.82 Å². The first kappa shape index (κ1) is 23.1. The molecule has 0 heterocycles. The van der Waals surface area contributed by atoms with Crippen molar-refractivity contribution in [2.45, 2.75) is 91.9 Å². The van der Waals surface area contributed by atoms with Crippen LogP contribution in [0, 0.1) is 5.92 Å². The summed E-state index contributed by atoms with van der Waals surface area (Å²) in [5.41, 5.74) is 0. The predicted octanol–water partition coefficient (Wildman–Crippen LogP) is 6.74. The molecule has 0 saturated heterocycles. The van der Waals surface area contributed by atoms with E-state index in [2.05, 4.69) is 27.7 Å².